The predicted molar refractivity (Wildman–Crippen MR) is 72.0 cm³/mol. The van der Waals surface area contributed by atoms with Crippen LogP contribution in [-0.2, 0) is 16.6 Å². The number of benzene rings is 1. The Hall–Kier alpha value is -0.620. The molecule has 1 aromatic rings. The van der Waals surface area contributed by atoms with Gasteiger partial charge in [0, 0.05) is 24.7 Å². The van der Waals surface area contributed by atoms with Crippen molar-refractivity contribution >= 4 is 21.6 Å². The van der Waals surface area contributed by atoms with Crippen LogP contribution in [0.5, 0.6) is 0 Å². The molecule has 6 heteroatoms. The number of halogens is 1. The molecule has 1 aliphatic rings. The molecule has 0 aromatic heterocycles. The molecule has 0 bridgehead atoms. The molecular weight excluding hydrogens is 272 g/mol. The normalized spacial score (nSPS) is 17.9. The lowest BCUT2D eigenvalue weighted by molar-refractivity contribution is 0.346. The lowest BCUT2D eigenvalue weighted by Crippen LogP contribution is -2.35. The van der Waals surface area contributed by atoms with E-state index < -0.39 is 10.0 Å². The lowest BCUT2D eigenvalue weighted by Gasteiger charge is -2.26. The number of rotatable bonds is 3. The Morgan fingerprint density at radius 1 is 1.22 bits per heavy atom. The van der Waals surface area contributed by atoms with Crippen molar-refractivity contribution in [2.24, 2.45) is 5.73 Å². The molecule has 1 heterocycles. The maximum absolute atomic E-state index is 12.4. The predicted octanol–water partition coefficient (Wildman–Crippen LogP) is 1.97. The van der Waals surface area contributed by atoms with Gasteiger partial charge in [-0.15, -0.1) is 0 Å². The fourth-order valence-corrected chi connectivity index (χ4v) is 3.97. The quantitative estimate of drug-likeness (QED) is 0.925. The minimum atomic E-state index is -3.40. The van der Waals surface area contributed by atoms with E-state index in [1.54, 1.807) is 12.1 Å². The van der Waals surface area contributed by atoms with Crippen molar-refractivity contribution in [3.05, 3.63) is 28.8 Å². The minimum Gasteiger partial charge on any atom is -0.326 e. The molecule has 0 atom stereocenters. The Labute approximate surface area is 113 Å². The van der Waals surface area contributed by atoms with Crippen molar-refractivity contribution in [2.45, 2.75) is 30.7 Å². The lowest BCUT2D eigenvalue weighted by atomic mass is 10.2. The third-order valence-corrected chi connectivity index (χ3v) is 5.44. The van der Waals surface area contributed by atoms with E-state index in [1.807, 2.05) is 0 Å². The summed E-state index contributed by atoms with van der Waals surface area (Å²) in [7, 11) is -3.40. The summed E-state index contributed by atoms with van der Waals surface area (Å²) in [6, 6.07) is 4.75. The number of sulfonamides is 1. The van der Waals surface area contributed by atoms with Crippen LogP contribution in [0.2, 0.25) is 5.02 Å². The summed E-state index contributed by atoms with van der Waals surface area (Å²) in [4.78, 5) is 0.256. The van der Waals surface area contributed by atoms with E-state index in [0.29, 0.717) is 24.7 Å². The molecule has 18 heavy (non-hydrogen) atoms. The fourth-order valence-electron chi connectivity index (χ4n) is 2.11. The highest BCUT2D eigenvalue weighted by Crippen LogP contribution is 2.25. The number of hydrogen-bond acceptors (Lipinski definition) is 3. The summed E-state index contributed by atoms with van der Waals surface area (Å²) in [5.74, 6) is 0. The number of nitrogens with zero attached hydrogens (tertiary/aromatic N) is 1. The van der Waals surface area contributed by atoms with Gasteiger partial charge in [0.05, 0.1) is 4.90 Å². The van der Waals surface area contributed by atoms with Crippen LogP contribution >= 0.6 is 11.6 Å². The van der Waals surface area contributed by atoms with E-state index in [9.17, 15) is 8.42 Å². The third-order valence-electron chi connectivity index (χ3n) is 3.20. The zero-order chi connectivity index (χ0) is 13.2. The summed E-state index contributed by atoms with van der Waals surface area (Å²) >= 11 is 6.01. The molecule has 100 valence electrons. The molecule has 0 unspecified atom stereocenters. The first-order valence-electron chi connectivity index (χ1n) is 6.04. The first-order chi connectivity index (χ1) is 8.55. The van der Waals surface area contributed by atoms with Gasteiger partial charge in [-0.2, -0.15) is 4.31 Å². The van der Waals surface area contributed by atoms with Crippen molar-refractivity contribution in [2.75, 3.05) is 13.1 Å². The van der Waals surface area contributed by atoms with Crippen LogP contribution in [-0.4, -0.2) is 25.8 Å². The zero-order valence-electron chi connectivity index (χ0n) is 10.1. The molecule has 0 aliphatic carbocycles. The maximum Gasteiger partial charge on any atom is 0.243 e. The summed E-state index contributed by atoms with van der Waals surface area (Å²) < 4.78 is 26.3. The molecule has 0 spiro atoms. The molecule has 1 aromatic carbocycles. The van der Waals surface area contributed by atoms with E-state index in [4.69, 9.17) is 17.3 Å². The Morgan fingerprint density at radius 3 is 2.44 bits per heavy atom. The summed E-state index contributed by atoms with van der Waals surface area (Å²) in [6.07, 6.45) is 2.95. The smallest absolute Gasteiger partial charge is 0.243 e. The van der Waals surface area contributed by atoms with Crippen molar-refractivity contribution in [1.82, 2.24) is 4.31 Å². The summed E-state index contributed by atoms with van der Waals surface area (Å²) in [5.41, 5.74) is 6.27. The molecular formula is C12H17ClN2O2S. The number of piperidine rings is 1. The first kappa shape index (κ1) is 13.8. The van der Waals surface area contributed by atoms with Crippen LogP contribution in [0.25, 0.3) is 0 Å². The van der Waals surface area contributed by atoms with Crippen LogP contribution in [0.3, 0.4) is 0 Å². The molecule has 4 nitrogen and oxygen atoms in total. The summed E-state index contributed by atoms with van der Waals surface area (Å²) in [6.45, 7) is 1.50. The average molecular weight is 289 g/mol. The van der Waals surface area contributed by atoms with Gasteiger partial charge in [0.2, 0.25) is 10.0 Å². The van der Waals surface area contributed by atoms with Gasteiger partial charge in [-0.25, -0.2) is 8.42 Å². The van der Waals surface area contributed by atoms with E-state index in [-0.39, 0.29) is 4.90 Å². The molecule has 1 saturated heterocycles. The monoisotopic (exact) mass is 288 g/mol. The van der Waals surface area contributed by atoms with Gasteiger partial charge in [0.25, 0.3) is 0 Å². The van der Waals surface area contributed by atoms with Gasteiger partial charge in [0.15, 0.2) is 0 Å². The van der Waals surface area contributed by atoms with Gasteiger partial charge < -0.3 is 5.73 Å². The van der Waals surface area contributed by atoms with Gasteiger partial charge in [-0.1, -0.05) is 24.1 Å². The number of nitrogens with two attached hydrogens (primary N) is 1. The molecule has 1 aliphatic heterocycles. The highest BCUT2D eigenvalue weighted by Gasteiger charge is 2.26. The Bertz CT molecular complexity index is 525. The molecule has 0 radical (unpaired) electrons. The van der Waals surface area contributed by atoms with Gasteiger partial charge in [-0.05, 0) is 30.5 Å². The van der Waals surface area contributed by atoms with Crippen LogP contribution in [0.15, 0.2) is 23.1 Å². The summed E-state index contributed by atoms with van der Waals surface area (Å²) in [5, 5.41) is 0.413. The van der Waals surface area contributed by atoms with E-state index >= 15 is 0 Å². The van der Waals surface area contributed by atoms with Gasteiger partial charge in [-0.3, -0.25) is 0 Å². The van der Waals surface area contributed by atoms with Crippen LogP contribution in [0.1, 0.15) is 24.8 Å². The van der Waals surface area contributed by atoms with E-state index in [0.717, 1.165) is 24.8 Å². The molecule has 0 saturated carbocycles. The SMILES string of the molecule is NCc1ccc(S(=O)(=O)N2CCCCC2)cc1Cl. The Kier molecular flexibility index (Phi) is 4.27. The molecule has 0 amide bonds. The highest BCUT2D eigenvalue weighted by molar-refractivity contribution is 7.89. The largest absolute Gasteiger partial charge is 0.326 e. The van der Waals surface area contributed by atoms with Crippen molar-refractivity contribution < 1.29 is 8.42 Å². The minimum absolute atomic E-state index is 0.256. The molecule has 2 N–H and O–H groups in total. The van der Waals surface area contributed by atoms with Crippen molar-refractivity contribution in [3.63, 3.8) is 0 Å². The average Bonchev–Trinajstić information content (AvgIpc) is 2.39. The van der Waals surface area contributed by atoms with E-state index in [2.05, 4.69) is 0 Å². The Morgan fingerprint density at radius 2 is 1.89 bits per heavy atom. The standard InChI is InChI=1S/C12H17ClN2O2S/c13-12-8-11(5-4-10(12)9-14)18(16,17)15-6-2-1-3-7-15/h4-5,8H,1-3,6-7,9,14H2. The number of hydrogen-bond donors (Lipinski definition) is 1. The van der Waals surface area contributed by atoms with Crippen molar-refractivity contribution in [1.29, 1.82) is 0 Å². The second-order valence-electron chi connectivity index (χ2n) is 4.42. The second kappa shape index (κ2) is 5.57. The fraction of sp³-hybridized carbons (Fsp3) is 0.500. The molecule has 1 fully saturated rings. The van der Waals surface area contributed by atoms with Gasteiger partial charge in [0.1, 0.15) is 0 Å². The first-order valence-corrected chi connectivity index (χ1v) is 7.86. The molecule has 2 rings (SSSR count). The maximum atomic E-state index is 12.4. The second-order valence-corrected chi connectivity index (χ2v) is 6.77. The van der Waals surface area contributed by atoms with Gasteiger partial charge >= 0.3 is 0 Å². The van der Waals surface area contributed by atoms with Crippen molar-refractivity contribution in [3.8, 4) is 0 Å². The zero-order valence-corrected chi connectivity index (χ0v) is 11.7. The third kappa shape index (κ3) is 2.69. The highest BCUT2D eigenvalue weighted by atomic mass is 35.5. The topological polar surface area (TPSA) is 63.4 Å². The van der Waals surface area contributed by atoms with Crippen LogP contribution in [0, 0.1) is 0 Å². The Balaban J connectivity index is 2.32. The van der Waals surface area contributed by atoms with Crippen LogP contribution in [0.4, 0.5) is 0 Å². The van der Waals surface area contributed by atoms with E-state index in [1.165, 1.54) is 10.4 Å². The van der Waals surface area contributed by atoms with Crippen LogP contribution < -0.4 is 5.73 Å².